The van der Waals surface area contributed by atoms with Crippen molar-refractivity contribution in [3.63, 3.8) is 0 Å². The molecule has 6 heteroatoms. The van der Waals surface area contributed by atoms with E-state index in [0.717, 1.165) is 12.0 Å². The summed E-state index contributed by atoms with van der Waals surface area (Å²) in [6.45, 7) is 2.66. The molecule has 1 unspecified atom stereocenters. The average molecular weight is 365 g/mol. The van der Waals surface area contributed by atoms with Gasteiger partial charge in [0.25, 0.3) is 5.91 Å². The smallest absolute Gasteiger partial charge is 0.256 e. The third-order valence-corrected chi connectivity index (χ3v) is 5.23. The Hall–Kier alpha value is -2.91. The van der Waals surface area contributed by atoms with Gasteiger partial charge in [-0.25, -0.2) is 4.39 Å². The number of ether oxygens (including phenoxy) is 1. The van der Waals surface area contributed by atoms with Crippen LogP contribution in [-0.4, -0.2) is 43.6 Å². The number of carbonyl (C=O) groups excluding carboxylic acids is 1. The summed E-state index contributed by atoms with van der Waals surface area (Å²) in [7, 11) is 0. The molecule has 0 bridgehead atoms. The van der Waals surface area contributed by atoms with Gasteiger partial charge in [0, 0.05) is 26.2 Å². The molecular formula is C21H20FN3O2. The fourth-order valence-corrected chi connectivity index (χ4v) is 3.76. The van der Waals surface area contributed by atoms with E-state index < -0.39 is 11.9 Å². The average Bonchev–Trinajstić information content (AvgIpc) is 2.73. The zero-order valence-corrected chi connectivity index (χ0v) is 14.9. The number of carbonyl (C=O) groups is 1. The van der Waals surface area contributed by atoms with Crippen molar-refractivity contribution in [1.29, 1.82) is 5.26 Å². The Morgan fingerprint density at radius 2 is 1.93 bits per heavy atom. The third-order valence-electron chi connectivity index (χ3n) is 5.23. The zero-order chi connectivity index (χ0) is 18.8. The molecule has 2 aliphatic rings. The van der Waals surface area contributed by atoms with Crippen molar-refractivity contribution >= 4 is 11.6 Å². The summed E-state index contributed by atoms with van der Waals surface area (Å²) in [5.74, 6) is -0.430. The molecule has 138 valence electrons. The van der Waals surface area contributed by atoms with E-state index in [1.54, 1.807) is 17.0 Å². The second-order valence-corrected chi connectivity index (χ2v) is 6.79. The van der Waals surface area contributed by atoms with E-state index in [1.165, 1.54) is 11.6 Å². The number of anilines is 1. The van der Waals surface area contributed by atoms with Gasteiger partial charge in [-0.1, -0.05) is 24.3 Å². The number of halogens is 1. The molecule has 1 amide bonds. The SMILES string of the molecule is N#Cc1ccc(N2CCN(C(=O)C3OCCc4ccccc43)CC2)c(F)c1. The Kier molecular flexibility index (Phi) is 4.78. The minimum absolute atomic E-state index is 0.0258. The number of fused-ring (bicyclic) bond motifs is 1. The highest BCUT2D eigenvalue weighted by Gasteiger charge is 2.32. The topological polar surface area (TPSA) is 56.6 Å². The maximum absolute atomic E-state index is 14.2. The molecule has 2 aromatic carbocycles. The van der Waals surface area contributed by atoms with Gasteiger partial charge in [0.1, 0.15) is 5.82 Å². The molecule has 2 aliphatic heterocycles. The fraction of sp³-hybridized carbons (Fsp3) is 0.333. The highest BCUT2D eigenvalue weighted by atomic mass is 19.1. The van der Waals surface area contributed by atoms with Crippen molar-refractivity contribution in [2.75, 3.05) is 37.7 Å². The van der Waals surface area contributed by atoms with Crippen LogP contribution in [0, 0.1) is 17.1 Å². The van der Waals surface area contributed by atoms with Gasteiger partial charge in [0.2, 0.25) is 0 Å². The van der Waals surface area contributed by atoms with Gasteiger partial charge in [-0.2, -0.15) is 5.26 Å². The highest BCUT2D eigenvalue weighted by molar-refractivity contribution is 5.83. The Morgan fingerprint density at radius 3 is 2.67 bits per heavy atom. The maximum Gasteiger partial charge on any atom is 0.256 e. The minimum Gasteiger partial charge on any atom is -0.366 e. The lowest BCUT2D eigenvalue weighted by Crippen LogP contribution is -2.51. The Balaban J connectivity index is 1.44. The lowest BCUT2D eigenvalue weighted by atomic mass is 9.96. The summed E-state index contributed by atoms with van der Waals surface area (Å²) >= 11 is 0. The van der Waals surface area contributed by atoms with Gasteiger partial charge in [0.15, 0.2) is 6.10 Å². The summed E-state index contributed by atoms with van der Waals surface area (Å²) in [4.78, 5) is 16.7. The lowest BCUT2D eigenvalue weighted by molar-refractivity contribution is -0.145. The van der Waals surface area contributed by atoms with E-state index in [2.05, 4.69) is 0 Å². The van der Waals surface area contributed by atoms with Crippen LogP contribution in [0.4, 0.5) is 10.1 Å². The molecule has 0 saturated carbocycles. The summed E-state index contributed by atoms with van der Waals surface area (Å²) in [5, 5.41) is 8.87. The monoisotopic (exact) mass is 365 g/mol. The first-order valence-corrected chi connectivity index (χ1v) is 9.10. The van der Waals surface area contributed by atoms with Gasteiger partial charge in [-0.3, -0.25) is 4.79 Å². The van der Waals surface area contributed by atoms with Crippen LogP contribution in [0.25, 0.3) is 0 Å². The molecule has 1 fully saturated rings. The van der Waals surface area contributed by atoms with E-state index in [0.29, 0.717) is 44.0 Å². The standard InChI is InChI=1S/C21H20FN3O2/c22-18-13-15(14-23)5-6-19(18)24-8-10-25(11-9-24)21(26)20-17-4-2-1-3-16(17)7-12-27-20/h1-6,13,20H,7-12H2. The van der Waals surface area contributed by atoms with Crippen LogP contribution in [0.1, 0.15) is 22.8 Å². The molecule has 0 aliphatic carbocycles. The van der Waals surface area contributed by atoms with E-state index in [-0.39, 0.29) is 5.91 Å². The first-order valence-electron chi connectivity index (χ1n) is 9.10. The first kappa shape index (κ1) is 17.5. The van der Waals surface area contributed by atoms with Crippen molar-refractivity contribution in [3.05, 3.63) is 65.0 Å². The second-order valence-electron chi connectivity index (χ2n) is 6.79. The second kappa shape index (κ2) is 7.37. The van der Waals surface area contributed by atoms with Gasteiger partial charge in [-0.05, 0) is 35.7 Å². The molecule has 0 N–H and O–H groups in total. The molecule has 2 heterocycles. The molecule has 0 radical (unpaired) electrons. The fourth-order valence-electron chi connectivity index (χ4n) is 3.76. The van der Waals surface area contributed by atoms with Crippen LogP contribution < -0.4 is 4.90 Å². The molecule has 0 aromatic heterocycles. The molecule has 1 atom stereocenters. The van der Waals surface area contributed by atoms with Gasteiger partial charge in [-0.15, -0.1) is 0 Å². The number of nitrogens with zero attached hydrogens (tertiary/aromatic N) is 3. The molecule has 27 heavy (non-hydrogen) atoms. The van der Waals surface area contributed by atoms with Crippen LogP contribution in [0.15, 0.2) is 42.5 Å². The molecule has 0 spiro atoms. The summed E-state index contributed by atoms with van der Waals surface area (Å²) in [5.41, 5.74) is 2.90. The molecule has 5 nitrogen and oxygen atoms in total. The molecule has 2 aromatic rings. The number of hydrogen-bond donors (Lipinski definition) is 0. The van der Waals surface area contributed by atoms with Crippen molar-refractivity contribution in [2.45, 2.75) is 12.5 Å². The largest absolute Gasteiger partial charge is 0.366 e. The van der Waals surface area contributed by atoms with Gasteiger partial charge < -0.3 is 14.5 Å². The highest BCUT2D eigenvalue weighted by Crippen LogP contribution is 2.29. The summed E-state index contributed by atoms with van der Waals surface area (Å²) in [6, 6.07) is 14.3. The normalized spacial score (nSPS) is 19.3. The zero-order valence-electron chi connectivity index (χ0n) is 14.9. The molecule has 4 rings (SSSR count). The predicted octanol–water partition coefficient (Wildman–Crippen LogP) is 2.66. The lowest BCUT2D eigenvalue weighted by Gasteiger charge is -2.38. The van der Waals surface area contributed by atoms with Crippen LogP contribution in [-0.2, 0) is 16.0 Å². The Labute approximate surface area is 157 Å². The van der Waals surface area contributed by atoms with Gasteiger partial charge >= 0.3 is 0 Å². The minimum atomic E-state index is -0.548. The van der Waals surface area contributed by atoms with E-state index >= 15 is 0 Å². The van der Waals surface area contributed by atoms with Crippen LogP contribution in [0.2, 0.25) is 0 Å². The number of rotatable bonds is 2. The molecule has 1 saturated heterocycles. The summed E-state index contributed by atoms with van der Waals surface area (Å²) < 4.78 is 20.0. The van der Waals surface area contributed by atoms with E-state index in [4.69, 9.17) is 10.00 Å². The Morgan fingerprint density at radius 1 is 1.15 bits per heavy atom. The summed E-state index contributed by atoms with van der Waals surface area (Å²) in [6.07, 6.45) is 0.277. The maximum atomic E-state index is 14.2. The predicted molar refractivity (Wildman–Crippen MR) is 98.7 cm³/mol. The quantitative estimate of drug-likeness (QED) is 0.821. The van der Waals surface area contributed by atoms with Crippen LogP contribution in [0.3, 0.4) is 0 Å². The number of nitriles is 1. The van der Waals surface area contributed by atoms with Crippen molar-refractivity contribution in [3.8, 4) is 6.07 Å². The number of amides is 1. The molecular weight excluding hydrogens is 345 g/mol. The third kappa shape index (κ3) is 3.38. The number of piperazine rings is 1. The first-order chi connectivity index (χ1) is 13.2. The van der Waals surface area contributed by atoms with E-state index in [9.17, 15) is 9.18 Å². The van der Waals surface area contributed by atoms with Crippen LogP contribution >= 0.6 is 0 Å². The van der Waals surface area contributed by atoms with E-state index in [1.807, 2.05) is 35.2 Å². The van der Waals surface area contributed by atoms with Crippen molar-refractivity contribution in [1.82, 2.24) is 4.90 Å². The van der Waals surface area contributed by atoms with Crippen molar-refractivity contribution in [2.24, 2.45) is 0 Å². The van der Waals surface area contributed by atoms with Crippen LogP contribution in [0.5, 0.6) is 0 Å². The van der Waals surface area contributed by atoms with Gasteiger partial charge in [0.05, 0.1) is 23.9 Å². The number of hydrogen-bond acceptors (Lipinski definition) is 4. The van der Waals surface area contributed by atoms with Crippen molar-refractivity contribution < 1.29 is 13.9 Å². The number of benzene rings is 2. The Bertz CT molecular complexity index is 901.